The Bertz CT molecular complexity index is 1450. The Hall–Kier alpha value is -4.38. The number of phenolic OH excluding ortho intramolecular Hbond substituents is 1. The van der Waals surface area contributed by atoms with E-state index in [0.717, 1.165) is 22.4 Å². The van der Waals surface area contributed by atoms with Crippen molar-refractivity contribution in [3.05, 3.63) is 126 Å². The number of hydrogen-bond acceptors (Lipinski definition) is 3. The van der Waals surface area contributed by atoms with Crippen LogP contribution in [0.2, 0.25) is 0 Å². The number of aromatic nitrogens is 3. The van der Waals surface area contributed by atoms with Gasteiger partial charge in [0, 0.05) is 17.4 Å². The average Bonchev–Trinajstić information content (AvgIpc) is 3.28. The molecule has 0 saturated carbocycles. The van der Waals surface area contributed by atoms with Gasteiger partial charge in [0.15, 0.2) is 5.65 Å². The molecule has 0 bridgehead atoms. The summed E-state index contributed by atoms with van der Waals surface area (Å²) < 4.78 is 3.57. The van der Waals surface area contributed by atoms with Crippen molar-refractivity contribution in [3.8, 4) is 22.6 Å². The fourth-order valence-electron chi connectivity index (χ4n) is 3.69. The third-order valence-electron chi connectivity index (χ3n) is 5.52. The van der Waals surface area contributed by atoms with Gasteiger partial charge in [0.1, 0.15) is 12.1 Å². The van der Waals surface area contributed by atoms with Crippen molar-refractivity contribution >= 4 is 11.0 Å². The van der Waals surface area contributed by atoms with Gasteiger partial charge in [-0.15, -0.1) is 0 Å². The summed E-state index contributed by atoms with van der Waals surface area (Å²) >= 11 is 0. The second-order valence-electron chi connectivity index (χ2n) is 7.82. The number of phenols is 1. The molecule has 34 heavy (non-hydrogen) atoms. The summed E-state index contributed by atoms with van der Waals surface area (Å²) in [5.41, 5.74) is 4.12. The summed E-state index contributed by atoms with van der Waals surface area (Å²) in [5.74, 6) is 0.185. The molecular weight excluding hydrogens is 422 g/mol. The van der Waals surface area contributed by atoms with E-state index in [4.69, 9.17) is 0 Å². The minimum atomic E-state index is -0.0957. The topological polar surface area (TPSA) is 60.0 Å². The lowest BCUT2D eigenvalue weighted by Crippen LogP contribution is -2.21. The predicted molar refractivity (Wildman–Crippen MR) is 138 cm³/mol. The van der Waals surface area contributed by atoms with Gasteiger partial charge in [-0.25, -0.2) is 4.98 Å². The summed E-state index contributed by atoms with van der Waals surface area (Å²) in [6.45, 7) is 4.45. The molecule has 0 aliphatic rings. The number of para-hydroxylation sites is 1. The molecule has 0 unspecified atom stereocenters. The molecule has 0 aliphatic carbocycles. The molecule has 0 radical (unpaired) electrons. The van der Waals surface area contributed by atoms with Gasteiger partial charge < -0.3 is 9.67 Å². The van der Waals surface area contributed by atoms with Crippen LogP contribution in [-0.2, 0) is 6.54 Å². The van der Waals surface area contributed by atoms with Gasteiger partial charge in [-0.2, -0.15) is 0 Å². The summed E-state index contributed by atoms with van der Waals surface area (Å²) in [6, 6.07) is 26.6. The number of benzene rings is 3. The summed E-state index contributed by atoms with van der Waals surface area (Å²) in [6.07, 6.45) is 7.55. The first kappa shape index (κ1) is 22.8. The molecular formula is C29H27N3O2. The van der Waals surface area contributed by atoms with Crippen molar-refractivity contribution in [2.24, 2.45) is 0 Å². The highest BCUT2D eigenvalue weighted by Gasteiger charge is 2.17. The number of aromatic hydroxyl groups is 1. The molecule has 170 valence electrons. The van der Waals surface area contributed by atoms with E-state index >= 15 is 0 Å². The molecule has 5 aromatic rings. The van der Waals surface area contributed by atoms with Gasteiger partial charge in [-0.05, 0) is 49.2 Å². The maximum atomic E-state index is 13.5. The Morgan fingerprint density at radius 2 is 1.47 bits per heavy atom. The van der Waals surface area contributed by atoms with E-state index in [9.17, 15) is 9.90 Å². The number of fused-ring (bicyclic) bond motifs is 1. The Morgan fingerprint density at radius 1 is 0.853 bits per heavy atom. The van der Waals surface area contributed by atoms with Crippen molar-refractivity contribution in [2.45, 2.75) is 20.4 Å². The fourth-order valence-corrected chi connectivity index (χ4v) is 3.69. The Morgan fingerprint density at radius 3 is 2.09 bits per heavy atom. The van der Waals surface area contributed by atoms with E-state index in [2.05, 4.69) is 4.98 Å². The zero-order valence-electron chi connectivity index (χ0n) is 19.3. The first-order valence-electron chi connectivity index (χ1n) is 11.2. The number of allylic oxidation sites excluding steroid dienone is 2. The normalized spacial score (nSPS) is 10.9. The van der Waals surface area contributed by atoms with Crippen molar-refractivity contribution in [1.82, 2.24) is 14.1 Å². The van der Waals surface area contributed by atoms with Crippen LogP contribution in [0.15, 0.2) is 114 Å². The second kappa shape index (κ2) is 10.5. The molecule has 3 aromatic carbocycles. The van der Waals surface area contributed by atoms with Gasteiger partial charge >= 0.3 is 0 Å². The van der Waals surface area contributed by atoms with Crippen LogP contribution in [0.1, 0.15) is 19.4 Å². The SMILES string of the molecule is C/C=C\C.O=c1c2c(-c3ccc(O)cc3)cn(-c3ccccc3)c2ncn1Cc1ccccc1. The maximum Gasteiger partial charge on any atom is 0.263 e. The largest absolute Gasteiger partial charge is 0.508 e. The Balaban J connectivity index is 0.000000636. The van der Waals surface area contributed by atoms with Gasteiger partial charge in [-0.3, -0.25) is 9.36 Å². The Kier molecular flexibility index (Phi) is 7.04. The van der Waals surface area contributed by atoms with Crippen molar-refractivity contribution in [2.75, 3.05) is 0 Å². The zero-order valence-corrected chi connectivity index (χ0v) is 19.3. The summed E-state index contributed by atoms with van der Waals surface area (Å²) in [5, 5.41) is 10.2. The molecule has 0 spiro atoms. The van der Waals surface area contributed by atoms with E-state index in [1.165, 1.54) is 0 Å². The molecule has 1 N–H and O–H groups in total. The molecule has 0 aliphatic heterocycles. The van der Waals surface area contributed by atoms with Crippen LogP contribution in [0.3, 0.4) is 0 Å². The smallest absolute Gasteiger partial charge is 0.263 e. The lowest BCUT2D eigenvalue weighted by atomic mass is 10.1. The number of hydrogen-bond donors (Lipinski definition) is 1. The summed E-state index contributed by atoms with van der Waals surface area (Å²) in [4.78, 5) is 18.2. The molecule has 5 rings (SSSR count). The van der Waals surface area contributed by atoms with Crippen LogP contribution in [0.25, 0.3) is 27.8 Å². The van der Waals surface area contributed by atoms with E-state index in [1.54, 1.807) is 23.0 Å². The van der Waals surface area contributed by atoms with Crippen molar-refractivity contribution in [3.63, 3.8) is 0 Å². The van der Waals surface area contributed by atoms with Crippen LogP contribution in [-0.4, -0.2) is 19.2 Å². The zero-order chi connectivity index (χ0) is 23.9. The molecule has 0 atom stereocenters. The van der Waals surface area contributed by atoms with Crippen molar-refractivity contribution in [1.29, 1.82) is 0 Å². The minimum Gasteiger partial charge on any atom is -0.508 e. The first-order valence-corrected chi connectivity index (χ1v) is 11.2. The lowest BCUT2D eigenvalue weighted by molar-refractivity contribution is 0.475. The Labute approximate surface area is 198 Å². The van der Waals surface area contributed by atoms with Crippen LogP contribution in [0, 0.1) is 0 Å². The quantitative estimate of drug-likeness (QED) is 0.333. The predicted octanol–water partition coefficient (Wildman–Crippen LogP) is 6.19. The molecule has 0 fully saturated rings. The first-order chi connectivity index (χ1) is 16.6. The lowest BCUT2D eigenvalue weighted by Gasteiger charge is -2.07. The van der Waals surface area contributed by atoms with Crippen LogP contribution >= 0.6 is 0 Å². The fraction of sp³-hybridized carbons (Fsp3) is 0.103. The van der Waals surface area contributed by atoms with Gasteiger partial charge in [0.2, 0.25) is 0 Å². The molecule has 0 saturated heterocycles. The van der Waals surface area contributed by atoms with Crippen LogP contribution in [0.5, 0.6) is 5.75 Å². The van der Waals surface area contributed by atoms with E-state index in [1.807, 2.05) is 110 Å². The third kappa shape index (κ3) is 4.84. The summed E-state index contributed by atoms with van der Waals surface area (Å²) in [7, 11) is 0. The van der Waals surface area contributed by atoms with E-state index in [-0.39, 0.29) is 11.3 Å². The van der Waals surface area contributed by atoms with Crippen LogP contribution in [0.4, 0.5) is 0 Å². The molecule has 5 nitrogen and oxygen atoms in total. The standard InChI is InChI=1S/C25H19N3O2.C4H8/c29-21-13-11-19(12-14-21)22-16-28(20-9-5-2-6-10-20)24-23(22)25(30)27(17-26-24)15-18-7-3-1-4-8-18;1-3-4-2/h1-14,16-17,29H,15H2;3-4H,1-2H3/b;4-3-. The molecule has 5 heteroatoms. The van der Waals surface area contributed by atoms with Gasteiger partial charge in [0.05, 0.1) is 11.9 Å². The number of nitrogens with zero attached hydrogens (tertiary/aromatic N) is 3. The second-order valence-corrected chi connectivity index (χ2v) is 7.82. The third-order valence-corrected chi connectivity index (χ3v) is 5.52. The van der Waals surface area contributed by atoms with E-state index in [0.29, 0.717) is 17.6 Å². The molecule has 2 aromatic heterocycles. The average molecular weight is 450 g/mol. The highest BCUT2D eigenvalue weighted by molar-refractivity contribution is 5.94. The highest BCUT2D eigenvalue weighted by atomic mass is 16.3. The van der Waals surface area contributed by atoms with Gasteiger partial charge in [-0.1, -0.05) is 72.8 Å². The maximum absolute atomic E-state index is 13.5. The monoisotopic (exact) mass is 449 g/mol. The molecule has 0 amide bonds. The van der Waals surface area contributed by atoms with E-state index < -0.39 is 0 Å². The van der Waals surface area contributed by atoms with Gasteiger partial charge in [0.25, 0.3) is 5.56 Å². The number of rotatable bonds is 4. The van der Waals surface area contributed by atoms with Crippen molar-refractivity contribution < 1.29 is 5.11 Å². The van der Waals surface area contributed by atoms with Crippen LogP contribution < -0.4 is 5.56 Å². The highest BCUT2D eigenvalue weighted by Crippen LogP contribution is 2.30. The minimum absolute atomic E-state index is 0.0957. The molecule has 2 heterocycles.